The van der Waals surface area contributed by atoms with E-state index in [0.717, 1.165) is 55.7 Å². The molecule has 1 aliphatic heterocycles. The Morgan fingerprint density at radius 3 is 2.52 bits per heavy atom. The Balaban J connectivity index is 0.00000420. The maximum Gasteiger partial charge on any atom is 0.277 e. The molecule has 1 heterocycles. The minimum absolute atomic E-state index is 0. The normalized spacial score (nSPS) is 14.6. The second kappa shape index (κ2) is 12.6. The molecule has 0 atom stereocenters. The molecule has 29 heavy (non-hydrogen) atoms. The smallest absolute Gasteiger partial charge is 0.277 e. The van der Waals surface area contributed by atoms with Gasteiger partial charge < -0.3 is 35.8 Å². The summed E-state index contributed by atoms with van der Waals surface area (Å²) in [5, 5.41) is 0. The van der Waals surface area contributed by atoms with Gasteiger partial charge in [0.1, 0.15) is 5.75 Å². The zero-order valence-electron chi connectivity index (χ0n) is 18.9. The minimum Gasteiger partial charge on any atom is -1.00 e. The molecule has 2 rings (SSSR count). The highest BCUT2D eigenvalue weighted by atomic mass is 79.9. The first kappa shape index (κ1) is 25.9. The largest absolute Gasteiger partial charge is 1.00 e. The van der Waals surface area contributed by atoms with Crippen molar-refractivity contribution < 1.29 is 35.7 Å². The number of hydrogen-bond donors (Lipinski definition) is 0. The van der Waals surface area contributed by atoms with E-state index in [-0.39, 0.29) is 22.9 Å². The Bertz CT molecular complexity index is 629. The van der Waals surface area contributed by atoms with Gasteiger partial charge in [-0.1, -0.05) is 26.0 Å². The number of ether oxygens (including phenoxy) is 2. The van der Waals surface area contributed by atoms with E-state index >= 15 is 0 Å². The number of quaternary nitrogens is 1. The van der Waals surface area contributed by atoms with Gasteiger partial charge in [0.2, 0.25) is 0 Å². The van der Waals surface area contributed by atoms with Crippen LogP contribution >= 0.6 is 0 Å². The lowest BCUT2D eigenvalue weighted by Gasteiger charge is -2.33. The molecular formula is C23H39BrN2O3. The average Bonchev–Trinajstić information content (AvgIpc) is 2.66. The summed E-state index contributed by atoms with van der Waals surface area (Å²) >= 11 is 0. The number of carbonyl (C=O) groups is 1. The molecule has 0 aliphatic carbocycles. The summed E-state index contributed by atoms with van der Waals surface area (Å²) in [6.07, 6.45) is 3.27. The molecule has 0 saturated carbocycles. The van der Waals surface area contributed by atoms with Crippen molar-refractivity contribution in [3.05, 3.63) is 29.3 Å². The molecule has 0 bridgehead atoms. The molecule has 1 fully saturated rings. The van der Waals surface area contributed by atoms with Gasteiger partial charge >= 0.3 is 0 Å². The third kappa shape index (κ3) is 9.06. The van der Waals surface area contributed by atoms with Gasteiger partial charge in [0, 0.05) is 13.1 Å². The molecule has 1 aliphatic rings. The fourth-order valence-corrected chi connectivity index (χ4v) is 3.49. The first-order valence-electron chi connectivity index (χ1n) is 10.7. The number of unbranched alkanes of at least 4 members (excludes halogenated alkanes) is 2. The van der Waals surface area contributed by atoms with Gasteiger partial charge in [0.25, 0.3) is 5.91 Å². The van der Waals surface area contributed by atoms with Crippen molar-refractivity contribution in [2.24, 2.45) is 0 Å². The summed E-state index contributed by atoms with van der Waals surface area (Å²) < 4.78 is 12.1. The quantitative estimate of drug-likeness (QED) is 0.371. The Morgan fingerprint density at radius 1 is 1.17 bits per heavy atom. The second-order valence-corrected chi connectivity index (χ2v) is 8.90. The summed E-state index contributed by atoms with van der Waals surface area (Å²) in [6, 6.07) is 6.51. The lowest BCUT2D eigenvalue weighted by atomic mass is 10.0. The molecule has 1 amide bonds. The van der Waals surface area contributed by atoms with E-state index in [2.05, 4.69) is 53.1 Å². The summed E-state index contributed by atoms with van der Waals surface area (Å²) in [5.41, 5.74) is 2.52. The highest BCUT2D eigenvalue weighted by Gasteiger charge is 2.25. The Hall–Kier alpha value is -1.11. The second-order valence-electron chi connectivity index (χ2n) is 8.90. The van der Waals surface area contributed by atoms with E-state index in [4.69, 9.17) is 9.47 Å². The van der Waals surface area contributed by atoms with Crippen LogP contribution in [0.25, 0.3) is 0 Å². The van der Waals surface area contributed by atoms with Gasteiger partial charge in [0.05, 0.1) is 40.5 Å². The van der Waals surface area contributed by atoms with E-state index in [1.165, 1.54) is 11.1 Å². The van der Waals surface area contributed by atoms with Crippen LogP contribution in [0.15, 0.2) is 18.2 Å². The van der Waals surface area contributed by atoms with Crippen molar-refractivity contribution in [2.45, 2.75) is 46.0 Å². The summed E-state index contributed by atoms with van der Waals surface area (Å²) in [7, 11) is 4.30. The van der Waals surface area contributed by atoms with Crippen molar-refractivity contribution >= 4 is 5.91 Å². The standard InChI is InChI=1S/C23H39N2O3.BrH/c1-19(2)21-10-9-20(3)22(17-21)28-14-8-6-7-13-25(4,5)18-23(26)24-11-15-27-16-12-24;/h9-10,17,19H,6-8,11-16,18H2,1-5H3;1H/q+1;/p-1. The molecule has 0 spiro atoms. The summed E-state index contributed by atoms with van der Waals surface area (Å²) in [5.74, 6) is 1.78. The number of aryl methyl sites for hydroxylation is 1. The van der Waals surface area contributed by atoms with Crippen LogP contribution in [0.2, 0.25) is 0 Å². The number of rotatable bonds is 10. The molecule has 0 N–H and O–H groups in total. The maximum absolute atomic E-state index is 12.4. The number of amides is 1. The first-order chi connectivity index (χ1) is 13.3. The third-order valence-corrected chi connectivity index (χ3v) is 5.47. The van der Waals surface area contributed by atoms with E-state index in [1.807, 2.05) is 4.90 Å². The van der Waals surface area contributed by atoms with Crippen LogP contribution in [-0.4, -0.2) is 75.4 Å². The summed E-state index contributed by atoms with van der Waals surface area (Å²) in [4.78, 5) is 14.4. The van der Waals surface area contributed by atoms with Crippen molar-refractivity contribution in [3.8, 4) is 5.75 Å². The predicted molar refractivity (Wildman–Crippen MR) is 114 cm³/mol. The molecule has 1 aromatic rings. The lowest BCUT2D eigenvalue weighted by Crippen LogP contribution is -3.00. The van der Waals surface area contributed by atoms with Crippen LogP contribution in [0.5, 0.6) is 5.75 Å². The van der Waals surface area contributed by atoms with Crippen LogP contribution in [0.1, 0.15) is 50.2 Å². The van der Waals surface area contributed by atoms with Crippen LogP contribution in [-0.2, 0) is 9.53 Å². The molecule has 0 aromatic heterocycles. The fraction of sp³-hybridized carbons (Fsp3) is 0.696. The number of halogens is 1. The van der Waals surface area contributed by atoms with E-state index in [1.54, 1.807) is 0 Å². The van der Waals surface area contributed by atoms with E-state index < -0.39 is 0 Å². The Morgan fingerprint density at radius 2 is 1.86 bits per heavy atom. The molecule has 166 valence electrons. The van der Waals surface area contributed by atoms with Gasteiger partial charge in [-0.05, 0) is 49.3 Å². The molecule has 0 radical (unpaired) electrons. The van der Waals surface area contributed by atoms with Crippen molar-refractivity contribution in [3.63, 3.8) is 0 Å². The number of likely N-dealkylation sites (N-methyl/N-ethyl adjacent to an activating group) is 1. The first-order valence-corrected chi connectivity index (χ1v) is 10.7. The predicted octanol–water partition coefficient (Wildman–Crippen LogP) is 0.607. The lowest BCUT2D eigenvalue weighted by molar-refractivity contribution is -0.883. The minimum atomic E-state index is 0. The maximum atomic E-state index is 12.4. The van der Waals surface area contributed by atoms with Crippen LogP contribution in [0, 0.1) is 6.92 Å². The third-order valence-electron chi connectivity index (χ3n) is 5.47. The van der Waals surface area contributed by atoms with Crippen molar-refractivity contribution in [1.82, 2.24) is 4.90 Å². The molecule has 1 aromatic carbocycles. The number of carbonyl (C=O) groups excluding carboxylic acids is 1. The van der Waals surface area contributed by atoms with Gasteiger partial charge in [-0.15, -0.1) is 0 Å². The van der Waals surface area contributed by atoms with Crippen LogP contribution < -0.4 is 21.7 Å². The molecule has 0 unspecified atom stereocenters. The number of nitrogens with zero attached hydrogens (tertiary/aromatic N) is 2. The number of benzene rings is 1. The Labute approximate surface area is 187 Å². The number of hydrogen-bond acceptors (Lipinski definition) is 3. The summed E-state index contributed by atoms with van der Waals surface area (Å²) in [6.45, 7) is 11.6. The highest BCUT2D eigenvalue weighted by molar-refractivity contribution is 5.77. The van der Waals surface area contributed by atoms with Gasteiger partial charge in [0.15, 0.2) is 6.54 Å². The van der Waals surface area contributed by atoms with Crippen molar-refractivity contribution in [1.29, 1.82) is 0 Å². The van der Waals surface area contributed by atoms with Gasteiger partial charge in [-0.25, -0.2) is 0 Å². The van der Waals surface area contributed by atoms with E-state index in [9.17, 15) is 4.79 Å². The average molecular weight is 471 g/mol. The highest BCUT2D eigenvalue weighted by Crippen LogP contribution is 2.24. The van der Waals surface area contributed by atoms with E-state index in [0.29, 0.717) is 25.7 Å². The molecule has 5 nitrogen and oxygen atoms in total. The zero-order chi connectivity index (χ0) is 20.6. The molecular weight excluding hydrogens is 432 g/mol. The van der Waals surface area contributed by atoms with Gasteiger partial charge in [-0.2, -0.15) is 0 Å². The van der Waals surface area contributed by atoms with Crippen LogP contribution in [0.4, 0.5) is 0 Å². The van der Waals surface area contributed by atoms with Crippen molar-refractivity contribution in [2.75, 3.05) is 60.1 Å². The number of morpholine rings is 1. The molecule has 6 heteroatoms. The van der Waals surface area contributed by atoms with Gasteiger partial charge in [-0.3, -0.25) is 4.79 Å². The molecule has 1 saturated heterocycles. The fourth-order valence-electron chi connectivity index (χ4n) is 3.49. The monoisotopic (exact) mass is 470 g/mol. The topological polar surface area (TPSA) is 38.8 Å². The zero-order valence-corrected chi connectivity index (χ0v) is 20.5. The SMILES string of the molecule is Cc1ccc(C(C)C)cc1OCCCCC[N+](C)(C)CC(=O)N1CCOCC1.[Br-]. The Kier molecular flexibility index (Phi) is 11.2. The van der Waals surface area contributed by atoms with Crippen LogP contribution in [0.3, 0.4) is 0 Å².